The van der Waals surface area contributed by atoms with E-state index in [2.05, 4.69) is 17.1 Å². The van der Waals surface area contributed by atoms with Gasteiger partial charge in [0.15, 0.2) is 0 Å². The Kier molecular flexibility index (Phi) is 10.1. The van der Waals surface area contributed by atoms with E-state index in [9.17, 15) is 5.11 Å². The minimum Gasteiger partial charge on any atom is -0.492 e. The third-order valence-corrected chi connectivity index (χ3v) is 5.10. The molecule has 27 heavy (non-hydrogen) atoms. The number of hydrogen-bond acceptors (Lipinski definition) is 5. The van der Waals surface area contributed by atoms with E-state index in [1.165, 1.54) is 32.1 Å². The summed E-state index contributed by atoms with van der Waals surface area (Å²) in [4.78, 5) is 2.25. The van der Waals surface area contributed by atoms with Gasteiger partial charge >= 0.3 is 0 Å². The molecular formula is C22H38N2O3. The summed E-state index contributed by atoms with van der Waals surface area (Å²) in [5, 5.41) is 14.5. The fraction of sp³-hybridized carbons (Fsp3) is 0.727. The molecule has 0 amide bonds. The normalized spacial score (nSPS) is 17.6. The van der Waals surface area contributed by atoms with Crippen LogP contribution < -0.4 is 10.1 Å². The Morgan fingerprint density at radius 1 is 1.11 bits per heavy atom. The average Bonchev–Trinajstić information content (AvgIpc) is 2.67. The zero-order valence-corrected chi connectivity index (χ0v) is 17.2. The van der Waals surface area contributed by atoms with Gasteiger partial charge in [0, 0.05) is 31.7 Å². The van der Waals surface area contributed by atoms with E-state index in [4.69, 9.17) is 9.47 Å². The summed E-state index contributed by atoms with van der Waals surface area (Å²) < 4.78 is 11.4. The highest BCUT2D eigenvalue weighted by atomic mass is 16.5. The third kappa shape index (κ3) is 8.18. The zero-order valence-electron chi connectivity index (χ0n) is 17.2. The highest BCUT2D eigenvalue weighted by Gasteiger charge is 2.30. The van der Waals surface area contributed by atoms with Crippen molar-refractivity contribution in [2.24, 2.45) is 0 Å². The van der Waals surface area contributed by atoms with Gasteiger partial charge in [0.25, 0.3) is 0 Å². The first-order valence-corrected chi connectivity index (χ1v) is 10.6. The fourth-order valence-corrected chi connectivity index (χ4v) is 3.53. The van der Waals surface area contributed by atoms with Crippen molar-refractivity contribution in [1.29, 1.82) is 0 Å². The van der Waals surface area contributed by atoms with Crippen molar-refractivity contribution in [3.05, 3.63) is 29.8 Å². The minimum absolute atomic E-state index is 0.590. The van der Waals surface area contributed by atoms with Gasteiger partial charge < -0.3 is 19.9 Å². The maximum absolute atomic E-state index is 11.1. The standard InChI is InChI=1S/C22H38N2O3/c1-3-4-5-6-9-12-23-13-16-27-21-11-8-7-10-20(21)22(2,25)19-24-14-17-26-18-15-24/h7-8,10-11,23,25H,3-6,9,12-19H2,1-2H3. The molecule has 5 heteroatoms. The molecule has 1 aliphatic heterocycles. The summed E-state index contributed by atoms with van der Waals surface area (Å²) in [5.74, 6) is 0.778. The van der Waals surface area contributed by atoms with E-state index in [-0.39, 0.29) is 0 Å². The van der Waals surface area contributed by atoms with Gasteiger partial charge in [-0.3, -0.25) is 4.90 Å². The van der Waals surface area contributed by atoms with Gasteiger partial charge in [-0.25, -0.2) is 0 Å². The summed E-state index contributed by atoms with van der Waals surface area (Å²) in [7, 11) is 0. The van der Waals surface area contributed by atoms with Crippen molar-refractivity contribution >= 4 is 0 Å². The summed E-state index contributed by atoms with van der Waals surface area (Å²) in [6, 6.07) is 7.85. The number of β-amino-alcohol motifs (C(OH)–C–C–N with tert-alkyl or cyclic N) is 1. The number of nitrogens with zero attached hydrogens (tertiary/aromatic N) is 1. The molecule has 2 N–H and O–H groups in total. The van der Waals surface area contributed by atoms with Gasteiger partial charge in [0.2, 0.25) is 0 Å². The van der Waals surface area contributed by atoms with Crippen LogP contribution in [0, 0.1) is 0 Å². The first kappa shape index (κ1) is 22.2. The molecule has 1 aromatic rings. The molecule has 1 aromatic carbocycles. The second-order valence-corrected chi connectivity index (χ2v) is 7.67. The van der Waals surface area contributed by atoms with Crippen LogP contribution in [0.3, 0.4) is 0 Å². The Morgan fingerprint density at radius 3 is 2.63 bits per heavy atom. The monoisotopic (exact) mass is 378 g/mol. The third-order valence-electron chi connectivity index (χ3n) is 5.10. The van der Waals surface area contributed by atoms with Gasteiger partial charge in [0.1, 0.15) is 18.0 Å². The Hall–Kier alpha value is -1.14. The Labute approximate surface area is 165 Å². The Morgan fingerprint density at radius 2 is 1.85 bits per heavy atom. The van der Waals surface area contributed by atoms with Gasteiger partial charge in [-0.05, 0) is 26.0 Å². The first-order valence-electron chi connectivity index (χ1n) is 10.6. The maximum Gasteiger partial charge on any atom is 0.125 e. The van der Waals surface area contributed by atoms with E-state index >= 15 is 0 Å². The number of morpholine rings is 1. The summed E-state index contributed by atoms with van der Waals surface area (Å²) in [5.41, 5.74) is -0.0863. The lowest BCUT2D eigenvalue weighted by molar-refractivity contribution is -0.0265. The molecule has 0 spiro atoms. The number of ether oxygens (including phenoxy) is 2. The Bertz CT molecular complexity index is 516. The molecule has 0 radical (unpaired) electrons. The van der Waals surface area contributed by atoms with Gasteiger partial charge in [-0.1, -0.05) is 50.8 Å². The SMILES string of the molecule is CCCCCCCNCCOc1ccccc1C(C)(O)CN1CCOCC1. The van der Waals surface area contributed by atoms with Gasteiger partial charge in [-0.2, -0.15) is 0 Å². The molecular weight excluding hydrogens is 340 g/mol. The number of hydrogen-bond donors (Lipinski definition) is 2. The van der Waals surface area contributed by atoms with E-state index in [0.717, 1.165) is 50.7 Å². The quantitative estimate of drug-likeness (QED) is 0.517. The molecule has 1 heterocycles. The van der Waals surface area contributed by atoms with Crippen LogP contribution >= 0.6 is 0 Å². The smallest absolute Gasteiger partial charge is 0.125 e. The lowest BCUT2D eigenvalue weighted by Gasteiger charge is -2.34. The predicted octanol–water partition coefficient (Wildman–Crippen LogP) is 3.17. The molecule has 5 nitrogen and oxygen atoms in total. The fourth-order valence-electron chi connectivity index (χ4n) is 3.53. The van der Waals surface area contributed by atoms with Crippen molar-refractivity contribution in [3.63, 3.8) is 0 Å². The van der Waals surface area contributed by atoms with Crippen LogP contribution in [0.25, 0.3) is 0 Å². The summed E-state index contributed by atoms with van der Waals surface area (Å²) >= 11 is 0. The van der Waals surface area contributed by atoms with Crippen molar-refractivity contribution < 1.29 is 14.6 Å². The van der Waals surface area contributed by atoms with Crippen LogP contribution in [-0.2, 0) is 10.3 Å². The second kappa shape index (κ2) is 12.3. The largest absolute Gasteiger partial charge is 0.492 e. The highest BCUT2D eigenvalue weighted by Crippen LogP contribution is 2.30. The maximum atomic E-state index is 11.1. The summed E-state index contributed by atoms with van der Waals surface area (Å²) in [6.07, 6.45) is 6.49. The van der Waals surface area contributed by atoms with E-state index in [0.29, 0.717) is 13.2 Å². The van der Waals surface area contributed by atoms with E-state index < -0.39 is 5.60 Å². The lowest BCUT2D eigenvalue weighted by Crippen LogP contribution is -2.44. The number of benzene rings is 1. The molecule has 1 saturated heterocycles. The number of rotatable bonds is 13. The van der Waals surface area contributed by atoms with Crippen LogP contribution in [-0.4, -0.2) is 62.6 Å². The van der Waals surface area contributed by atoms with Crippen LogP contribution in [0.5, 0.6) is 5.75 Å². The number of nitrogens with one attached hydrogen (secondary N) is 1. The Balaban J connectivity index is 1.75. The number of unbranched alkanes of at least 4 members (excludes halogenated alkanes) is 4. The molecule has 1 atom stereocenters. The van der Waals surface area contributed by atoms with E-state index in [1.54, 1.807) is 0 Å². The molecule has 2 rings (SSSR count). The van der Waals surface area contributed by atoms with Crippen molar-refractivity contribution in [3.8, 4) is 5.75 Å². The molecule has 0 saturated carbocycles. The molecule has 0 aromatic heterocycles. The van der Waals surface area contributed by atoms with Crippen LogP contribution in [0.2, 0.25) is 0 Å². The molecule has 1 unspecified atom stereocenters. The molecule has 1 aliphatic rings. The van der Waals surface area contributed by atoms with Crippen LogP contribution in [0.4, 0.5) is 0 Å². The zero-order chi connectivity index (χ0) is 19.4. The van der Waals surface area contributed by atoms with Crippen LogP contribution in [0.1, 0.15) is 51.5 Å². The molecule has 0 bridgehead atoms. The second-order valence-electron chi connectivity index (χ2n) is 7.67. The average molecular weight is 379 g/mol. The van der Waals surface area contributed by atoms with Crippen molar-refractivity contribution in [2.45, 2.75) is 51.6 Å². The lowest BCUT2D eigenvalue weighted by atomic mass is 9.94. The molecule has 0 aliphatic carbocycles. The van der Waals surface area contributed by atoms with E-state index in [1.807, 2.05) is 31.2 Å². The highest BCUT2D eigenvalue weighted by molar-refractivity contribution is 5.38. The molecule has 154 valence electrons. The van der Waals surface area contributed by atoms with Crippen molar-refractivity contribution in [2.75, 3.05) is 52.5 Å². The molecule has 1 fully saturated rings. The van der Waals surface area contributed by atoms with Gasteiger partial charge in [-0.15, -0.1) is 0 Å². The van der Waals surface area contributed by atoms with Crippen LogP contribution in [0.15, 0.2) is 24.3 Å². The minimum atomic E-state index is -0.944. The predicted molar refractivity (Wildman–Crippen MR) is 110 cm³/mol. The number of aliphatic hydroxyl groups is 1. The summed E-state index contributed by atoms with van der Waals surface area (Å²) in [6.45, 7) is 10.4. The van der Waals surface area contributed by atoms with Crippen molar-refractivity contribution in [1.82, 2.24) is 10.2 Å². The first-order chi connectivity index (χ1) is 13.1. The topological polar surface area (TPSA) is 54.0 Å². The van der Waals surface area contributed by atoms with Gasteiger partial charge in [0.05, 0.1) is 13.2 Å². The number of para-hydroxylation sites is 1.